The summed E-state index contributed by atoms with van der Waals surface area (Å²) < 4.78 is 0. The SMILES string of the molecule is CCC(CC)(CN)NC(=O)Cc1cccc2ccccc12.Cl. The Morgan fingerprint density at radius 3 is 2.36 bits per heavy atom. The average Bonchev–Trinajstić information content (AvgIpc) is 2.53. The molecule has 3 nitrogen and oxygen atoms in total. The van der Waals surface area contributed by atoms with Gasteiger partial charge in [0.15, 0.2) is 0 Å². The second-order valence-corrected chi connectivity index (χ2v) is 5.55. The van der Waals surface area contributed by atoms with Gasteiger partial charge in [-0.1, -0.05) is 56.3 Å². The Labute approximate surface area is 138 Å². The highest BCUT2D eigenvalue weighted by Gasteiger charge is 2.26. The van der Waals surface area contributed by atoms with Crippen LogP contribution in [0, 0.1) is 0 Å². The molecule has 3 N–H and O–H groups in total. The molecule has 0 atom stereocenters. The monoisotopic (exact) mass is 320 g/mol. The van der Waals surface area contributed by atoms with Gasteiger partial charge in [-0.15, -0.1) is 12.4 Å². The van der Waals surface area contributed by atoms with Crippen LogP contribution in [0.5, 0.6) is 0 Å². The molecule has 4 heteroatoms. The molecule has 0 aliphatic rings. The molecule has 2 rings (SSSR count). The summed E-state index contributed by atoms with van der Waals surface area (Å²) >= 11 is 0. The third-order valence-electron chi connectivity index (χ3n) is 4.38. The number of carbonyl (C=O) groups excluding carboxylic acids is 1. The Morgan fingerprint density at radius 2 is 1.73 bits per heavy atom. The smallest absolute Gasteiger partial charge is 0.224 e. The standard InChI is InChI=1S/C18H24N2O.ClH/c1-3-18(4-2,13-19)20-17(21)12-15-10-7-9-14-8-5-6-11-16(14)15;/h5-11H,3-4,12-13,19H2,1-2H3,(H,20,21);1H. The molecule has 0 saturated heterocycles. The van der Waals surface area contributed by atoms with Crippen LogP contribution < -0.4 is 11.1 Å². The van der Waals surface area contributed by atoms with E-state index in [-0.39, 0.29) is 23.9 Å². The number of nitrogens with one attached hydrogen (secondary N) is 1. The Hall–Kier alpha value is -1.58. The van der Waals surface area contributed by atoms with Gasteiger partial charge in [-0.25, -0.2) is 0 Å². The van der Waals surface area contributed by atoms with E-state index in [1.54, 1.807) is 0 Å². The molecule has 0 aliphatic heterocycles. The van der Waals surface area contributed by atoms with Crippen LogP contribution in [0.25, 0.3) is 10.8 Å². The average molecular weight is 321 g/mol. The molecule has 0 spiro atoms. The van der Waals surface area contributed by atoms with Crippen LogP contribution in [0.2, 0.25) is 0 Å². The fourth-order valence-corrected chi connectivity index (χ4v) is 2.73. The lowest BCUT2D eigenvalue weighted by atomic mass is 9.92. The minimum atomic E-state index is -0.276. The summed E-state index contributed by atoms with van der Waals surface area (Å²) in [4.78, 5) is 12.4. The summed E-state index contributed by atoms with van der Waals surface area (Å²) in [7, 11) is 0. The van der Waals surface area contributed by atoms with E-state index in [0.717, 1.165) is 23.8 Å². The number of halogens is 1. The largest absolute Gasteiger partial charge is 0.349 e. The lowest BCUT2D eigenvalue weighted by molar-refractivity contribution is -0.122. The zero-order valence-electron chi connectivity index (χ0n) is 13.3. The molecule has 0 unspecified atom stereocenters. The minimum Gasteiger partial charge on any atom is -0.349 e. The van der Waals surface area contributed by atoms with Crippen LogP contribution in [0.4, 0.5) is 0 Å². The Kier molecular flexibility index (Phi) is 6.85. The first kappa shape index (κ1) is 18.5. The third kappa shape index (κ3) is 3.99. The van der Waals surface area contributed by atoms with Gasteiger partial charge in [0.1, 0.15) is 0 Å². The van der Waals surface area contributed by atoms with Gasteiger partial charge in [-0.05, 0) is 29.2 Å². The van der Waals surface area contributed by atoms with Gasteiger partial charge in [0, 0.05) is 6.54 Å². The van der Waals surface area contributed by atoms with Crippen molar-refractivity contribution in [3.8, 4) is 0 Å². The molecule has 120 valence electrons. The van der Waals surface area contributed by atoms with E-state index in [1.807, 2.05) is 24.3 Å². The number of hydrogen-bond donors (Lipinski definition) is 2. The number of fused-ring (bicyclic) bond motifs is 1. The van der Waals surface area contributed by atoms with Gasteiger partial charge in [-0.3, -0.25) is 4.79 Å². The fourth-order valence-electron chi connectivity index (χ4n) is 2.73. The normalized spacial score (nSPS) is 11.0. The van der Waals surface area contributed by atoms with Gasteiger partial charge in [-0.2, -0.15) is 0 Å². The van der Waals surface area contributed by atoms with Crippen LogP contribution >= 0.6 is 12.4 Å². The molecule has 22 heavy (non-hydrogen) atoms. The number of benzene rings is 2. The maximum atomic E-state index is 12.4. The van der Waals surface area contributed by atoms with Crippen molar-refractivity contribution in [3.63, 3.8) is 0 Å². The van der Waals surface area contributed by atoms with Crippen molar-refractivity contribution in [2.75, 3.05) is 6.54 Å². The Bertz CT molecular complexity index is 610. The van der Waals surface area contributed by atoms with Crippen molar-refractivity contribution >= 4 is 29.1 Å². The highest BCUT2D eigenvalue weighted by molar-refractivity contribution is 5.90. The molecule has 0 saturated carbocycles. The molecular formula is C18H25ClN2O. The van der Waals surface area contributed by atoms with Crippen molar-refractivity contribution in [2.24, 2.45) is 5.73 Å². The molecule has 0 aromatic heterocycles. The molecule has 1 amide bonds. The zero-order valence-corrected chi connectivity index (χ0v) is 14.1. The molecule has 2 aromatic carbocycles. The first-order valence-electron chi connectivity index (χ1n) is 7.62. The predicted octanol–water partition coefficient (Wildman–Crippen LogP) is 3.44. The second-order valence-electron chi connectivity index (χ2n) is 5.55. The maximum absolute atomic E-state index is 12.4. The summed E-state index contributed by atoms with van der Waals surface area (Å²) in [5.74, 6) is 0.0421. The quantitative estimate of drug-likeness (QED) is 0.856. The van der Waals surface area contributed by atoms with Gasteiger partial charge in [0.25, 0.3) is 0 Å². The first-order chi connectivity index (χ1) is 10.1. The lowest BCUT2D eigenvalue weighted by Gasteiger charge is -2.31. The van der Waals surface area contributed by atoms with E-state index in [0.29, 0.717) is 13.0 Å². The Morgan fingerprint density at radius 1 is 1.09 bits per heavy atom. The van der Waals surface area contributed by atoms with Gasteiger partial charge >= 0.3 is 0 Å². The number of carbonyl (C=O) groups is 1. The van der Waals surface area contributed by atoms with Gasteiger partial charge < -0.3 is 11.1 Å². The van der Waals surface area contributed by atoms with Crippen LogP contribution in [0.3, 0.4) is 0 Å². The maximum Gasteiger partial charge on any atom is 0.224 e. The van der Waals surface area contributed by atoms with Gasteiger partial charge in [0.2, 0.25) is 5.91 Å². The predicted molar refractivity (Wildman–Crippen MR) is 95.4 cm³/mol. The van der Waals surface area contributed by atoms with E-state index >= 15 is 0 Å². The topological polar surface area (TPSA) is 55.1 Å². The summed E-state index contributed by atoms with van der Waals surface area (Å²) in [6, 6.07) is 14.2. The van der Waals surface area contributed by atoms with Crippen LogP contribution in [-0.4, -0.2) is 18.0 Å². The molecule has 0 radical (unpaired) electrons. The number of rotatable bonds is 6. The number of amides is 1. The minimum absolute atomic E-state index is 0. The van der Waals surface area contributed by atoms with Crippen molar-refractivity contribution in [3.05, 3.63) is 48.0 Å². The van der Waals surface area contributed by atoms with E-state index in [1.165, 1.54) is 5.39 Å². The lowest BCUT2D eigenvalue weighted by Crippen LogP contribution is -2.53. The summed E-state index contributed by atoms with van der Waals surface area (Å²) in [6.07, 6.45) is 2.09. The summed E-state index contributed by atoms with van der Waals surface area (Å²) in [5.41, 5.74) is 6.63. The number of nitrogens with two attached hydrogens (primary N) is 1. The zero-order chi connectivity index (χ0) is 15.3. The third-order valence-corrected chi connectivity index (χ3v) is 4.38. The van der Waals surface area contributed by atoms with E-state index in [9.17, 15) is 4.79 Å². The highest BCUT2D eigenvalue weighted by atomic mass is 35.5. The van der Waals surface area contributed by atoms with E-state index < -0.39 is 0 Å². The van der Waals surface area contributed by atoms with Crippen molar-refractivity contribution in [1.82, 2.24) is 5.32 Å². The molecule has 0 fully saturated rings. The Balaban J connectivity index is 0.00000242. The van der Waals surface area contributed by atoms with Gasteiger partial charge in [0.05, 0.1) is 12.0 Å². The fraction of sp³-hybridized carbons (Fsp3) is 0.389. The molecule has 0 heterocycles. The molecule has 0 aliphatic carbocycles. The first-order valence-corrected chi connectivity index (χ1v) is 7.62. The van der Waals surface area contributed by atoms with Crippen molar-refractivity contribution in [2.45, 2.75) is 38.6 Å². The van der Waals surface area contributed by atoms with Crippen LogP contribution in [0.15, 0.2) is 42.5 Å². The van der Waals surface area contributed by atoms with Crippen LogP contribution in [0.1, 0.15) is 32.3 Å². The second kappa shape index (κ2) is 8.16. The summed E-state index contributed by atoms with van der Waals surface area (Å²) in [6.45, 7) is 4.60. The molecular weight excluding hydrogens is 296 g/mol. The van der Waals surface area contributed by atoms with E-state index in [2.05, 4.69) is 37.4 Å². The summed E-state index contributed by atoms with van der Waals surface area (Å²) in [5, 5.41) is 5.43. The number of hydrogen-bond acceptors (Lipinski definition) is 2. The van der Waals surface area contributed by atoms with Crippen LogP contribution in [-0.2, 0) is 11.2 Å². The van der Waals surface area contributed by atoms with Crippen molar-refractivity contribution in [1.29, 1.82) is 0 Å². The molecule has 0 bridgehead atoms. The van der Waals surface area contributed by atoms with E-state index in [4.69, 9.17) is 5.73 Å². The van der Waals surface area contributed by atoms with Crippen molar-refractivity contribution < 1.29 is 4.79 Å². The highest BCUT2D eigenvalue weighted by Crippen LogP contribution is 2.20. The molecule has 2 aromatic rings.